The third kappa shape index (κ3) is 4.73. The van der Waals surface area contributed by atoms with Gasteiger partial charge in [0.15, 0.2) is 0 Å². The van der Waals surface area contributed by atoms with Crippen molar-refractivity contribution < 1.29 is 13.2 Å². The molecule has 0 fully saturated rings. The molecule has 1 aromatic carbocycles. The third-order valence-corrected chi connectivity index (χ3v) is 3.25. The molecule has 0 spiro atoms. The van der Waals surface area contributed by atoms with Gasteiger partial charge in [0, 0.05) is 18.5 Å². The number of nitrogens with two attached hydrogens (primary N) is 1. The second-order valence-electron chi connectivity index (χ2n) is 4.01. The van der Waals surface area contributed by atoms with Crippen LogP contribution >= 0.6 is 0 Å². The minimum atomic E-state index is -3.81. The average Bonchev–Trinajstić information content (AvgIpc) is 2.32. The standard InChI is InChI=1S/C13H16N2O3S/c1-3-4-5-6-15-13(16)11-7-10(2)8-12(9-11)19(14,17)18/h7-9H,5-6H2,1-2H3,(H,15,16)(H2,14,17,18). The molecular weight excluding hydrogens is 264 g/mol. The lowest BCUT2D eigenvalue weighted by Crippen LogP contribution is -2.25. The van der Waals surface area contributed by atoms with Crippen molar-refractivity contribution in [2.75, 3.05) is 6.54 Å². The summed E-state index contributed by atoms with van der Waals surface area (Å²) in [6.45, 7) is 3.84. The van der Waals surface area contributed by atoms with Gasteiger partial charge >= 0.3 is 0 Å². The molecule has 5 nitrogen and oxygen atoms in total. The van der Waals surface area contributed by atoms with Gasteiger partial charge in [-0.1, -0.05) is 0 Å². The third-order valence-electron chi connectivity index (χ3n) is 2.35. The molecule has 1 rings (SSSR count). The molecule has 0 unspecified atom stereocenters. The first-order chi connectivity index (χ1) is 8.84. The number of aryl methyl sites for hydroxylation is 1. The quantitative estimate of drug-likeness (QED) is 0.631. The molecule has 0 aromatic heterocycles. The molecule has 0 radical (unpaired) electrons. The van der Waals surface area contributed by atoms with Crippen molar-refractivity contribution >= 4 is 15.9 Å². The molecule has 102 valence electrons. The van der Waals surface area contributed by atoms with E-state index in [0.717, 1.165) is 0 Å². The van der Waals surface area contributed by atoms with Gasteiger partial charge in [-0.25, -0.2) is 13.6 Å². The van der Waals surface area contributed by atoms with Gasteiger partial charge in [-0.05, 0) is 37.6 Å². The highest BCUT2D eigenvalue weighted by atomic mass is 32.2. The van der Waals surface area contributed by atoms with Crippen LogP contribution in [0.2, 0.25) is 0 Å². The summed E-state index contributed by atoms with van der Waals surface area (Å²) in [5.41, 5.74) is 0.929. The predicted molar refractivity (Wildman–Crippen MR) is 73.0 cm³/mol. The maximum absolute atomic E-state index is 11.8. The molecule has 0 aliphatic carbocycles. The summed E-state index contributed by atoms with van der Waals surface area (Å²) in [5.74, 6) is 5.20. The highest BCUT2D eigenvalue weighted by molar-refractivity contribution is 7.89. The van der Waals surface area contributed by atoms with E-state index in [4.69, 9.17) is 5.14 Å². The summed E-state index contributed by atoms with van der Waals surface area (Å²) in [7, 11) is -3.81. The van der Waals surface area contributed by atoms with E-state index in [1.54, 1.807) is 19.9 Å². The Morgan fingerprint density at radius 3 is 2.63 bits per heavy atom. The number of rotatable bonds is 4. The fourth-order valence-corrected chi connectivity index (χ4v) is 2.15. The number of benzene rings is 1. The van der Waals surface area contributed by atoms with Crippen molar-refractivity contribution in [1.29, 1.82) is 0 Å². The van der Waals surface area contributed by atoms with Gasteiger partial charge in [0.1, 0.15) is 0 Å². The SMILES string of the molecule is CC#CCCNC(=O)c1cc(C)cc(S(N)(=O)=O)c1. The lowest BCUT2D eigenvalue weighted by molar-refractivity contribution is 0.0954. The molecule has 1 aromatic rings. The van der Waals surface area contributed by atoms with Crippen molar-refractivity contribution in [3.05, 3.63) is 29.3 Å². The number of primary sulfonamides is 1. The molecule has 19 heavy (non-hydrogen) atoms. The average molecular weight is 280 g/mol. The monoisotopic (exact) mass is 280 g/mol. The Hall–Kier alpha value is -1.84. The molecule has 0 bridgehead atoms. The molecule has 0 saturated heterocycles. The molecule has 0 atom stereocenters. The van der Waals surface area contributed by atoms with E-state index in [1.165, 1.54) is 12.1 Å². The summed E-state index contributed by atoms with van der Waals surface area (Å²) in [6.07, 6.45) is 0.552. The van der Waals surface area contributed by atoms with Crippen LogP contribution in [-0.2, 0) is 10.0 Å². The fraction of sp³-hybridized carbons (Fsp3) is 0.308. The molecule has 0 aliphatic rings. The van der Waals surface area contributed by atoms with Crippen molar-refractivity contribution in [2.24, 2.45) is 5.14 Å². The Morgan fingerprint density at radius 1 is 1.37 bits per heavy atom. The molecular formula is C13H16N2O3S. The van der Waals surface area contributed by atoms with Crippen LogP contribution in [0.15, 0.2) is 23.1 Å². The zero-order valence-corrected chi connectivity index (χ0v) is 11.7. The lowest BCUT2D eigenvalue weighted by Gasteiger charge is -2.06. The largest absolute Gasteiger partial charge is 0.351 e. The van der Waals surface area contributed by atoms with E-state index < -0.39 is 10.0 Å². The first kappa shape index (κ1) is 15.2. The zero-order valence-electron chi connectivity index (χ0n) is 10.9. The lowest BCUT2D eigenvalue weighted by atomic mass is 10.1. The Kier molecular flexibility index (Phi) is 5.10. The van der Waals surface area contributed by atoms with E-state index in [-0.39, 0.29) is 16.4 Å². The Balaban J connectivity index is 2.91. The van der Waals surface area contributed by atoms with E-state index >= 15 is 0 Å². The maximum Gasteiger partial charge on any atom is 0.251 e. The van der Waals surface area contributed by atoms with Gasteiger partial charge in [-0.2, -0.15) is 0 Å². The molecule has 3 N–H and O–H groups in total. The highest BCUT2D eigenvalue weighted by Gasteiger charge is 2.13. The van der Waals surface area contributed by atoms with Crippen LogP contribution < -0.4 is 10.5 Å². The number of carbonyl (C=O) groups is 1. The van der Waals surface area contributed by atoms with E-state index in [1.807, 2.05) is 0 Å². The Morgan fingerprint density at radius 2 is 2.05 bits per heavy atom. The Labute approximate surface area is 113 Å². The summed E-state index contributed by atoms with van der Waals surface area (Å²) in [5, 5.41) is 7.72. The summed E-state index contributed by atoms with van der Waals surface area (Å²) < 4.78 is 22.6. The number of hydrogen-bond donors (Lipinski definition) is 2. The second kappa shape index (κ2) is 6.36. The summed E-state index contributed by atoms with van der Waals surface area (Å²) in [6, 6.07) is 4.30. The second-order valence-corrected chi connectivity index (χ2v) is 5.57. The maximum atomic E-state index is 11.8. The summed E-state index contributed by atoms with van der Waals surface area (Å²) >= 11 is 0. The van der Waals surface area contributed by atoms with Gasteiger partial charge in [0.25, 0.3) is 5.91 Å². The molecule has 1 amide bonds. The molecule has 0 saturated carbocycles. The number of sulfonamides is 1. The van der Waals surface area contributed by atoms with Crippen LogP contribution in [0.3, 0.4) is 0 Å². The van der Waals surface area contributed by atoms with Gasteiger partial charge in [0.05, 0.1) is 4.90 Å². The minimum absolute atomic E-state index is 0.0639. The van der Waals surface area contributed by atoms with Crippen molar-refractivity contribution in [1.82, 2.24) is 5.32 Å². The van der Waals surface area contributed by atoms with Crippen molar-refractivity contribution in [3.63, 3.8) is 0 Å². The molecule has 6 heteroatoms. The highest BCUT2D eigenvalue weighted by Crippen LogP contribution is 2.13. The van der Waals surface area contributed by atoms with Crippen LogP contribution in [0.1, 0.15) is 29.3 Å². The predicted octanol–water partition coefficient (Wildman–Crippen LogP) is 0.786. The summed E-state index contributed by atoms with van der Waals surface area (Å²) in [4.78, 5) is 11.8. The number of carbonyl (C=O) groups excluding carboxylic acids is 1. The molecule has 0 heterocycles. The number of hydrogen-bond acceptors (Lipinski definition) is 3. The van der Waals surface area contributed by atoms with Gasteiger partial charge in [-0.15, -0.1) is 11.8 Å². The van der Waals surface area contributed by atoms with Gasteiger partial charge in [0.2, 0.25) is 10.0 Å². The van der Waals surface area contributed by atoms with Gasteiger partial charge in [-0.3, -0.25) is 4.79 Å². The Bertz CT molecular complexity index is 640. The van der Waals surface area contributed by atoms with Crippen molar-refractivity contribution in [3.8, 4) is 11.8 Å². The van der Waals surface area contributed by atoms with Crippen LogP contribution in [0.25, 0.3) is 0 Å². The minimum Gasteiger partial charge on any atom is -0.351 e. The smallest absolute Gasteiger partial charge is 0.251 e. The van der Waals surface area contributed by atoms with E-state index in [9.17, 15) is 13.2 Å². The normalized spacial score (nSPS) is 10.5. The van der Waals surface area contributed by atoms with E-state index in [0.29, 0.717) is 18.5 Å². The van der Waals surface area contributed by atoms with Crippen LogP contribution in [0.5, 0.6) is 0 Å². The molecule has 0 aliphatic heterocycles. The topological polar surface area (TPSA) is 89.3 Å². The fourth-order valence-electron chi connectivity index (χ4n) is 1.51. The van der Waals surface area contributed by atoms with Crippen molar-refractivity contribution in [2.45, 2.75) is 25.2 Å². The van der Waals surface area contributed by atoms with Crippen LogP contribution in [-0.4, -0.2) is 20.9 Å². The zero-order chi connectivity index (χ0) is 14.5. The first-order valence-corrected chi connectivity index (χ1v) is 7.21. The van der Waals surface area contributed by atoms with Crippen LogP contribution in [0.4, 0.5) is 0 Å². The number of amides is 1. The first-order valence-electron chi connectivity index (χ1n) is 5.67. The number of nitrogens with one attached hydrogen (secondary N) is 1. The van der Waals surface area contributed by atoms with E-state index in [2.05, 4.69) is 17.2 Å². The van der Waals surface area contributed by atoms with Gasteiger partial charge < -0.3 is 5.32 Å². The van der Waals surface area contributed by atoms with Crippen LogP contribution in [0, 0.1) is 18.8 Å².